The Hall–Kier alpha value is -1.52. The zero-order chi connectivity index (χ0) is 14.2. The van der Waals surface area contributed by atoms with Gasteiger partial charge in [0.15, 0.2) is 0 Å². The van der Waals surface area contributed by atoms with Crippen LogP contribution in [0, 0.1) is 11.8 Å². The quantitative estimate of drug-likeness (QED) is 0.508. The van der Waals surface area contributed by atoms with Crippen molar-refractivity contribution in [2.75, 3.05) is 0 Å². The minimum atomic E-state index is 1.04. The first-order chi connectivity index (χ1) is 9.78. The highest BCUT2D eigenvalue weighted by atomic mass is 79.9. The van der Waals surface area contributed by atoms with Gasteiger partial charge in [0.25, 0.3) is 0 Å². The highest BCUT2D eigenvalue weighted by Gasteiger charge is 1.93. The second-order valence-corrected chi connectivity index (χ2v) is 5.83. The third-order valence-electron chi connectivity index (χ3n) is 3.22. The van der Waals surface area contributed by atoms with Gasteiger partial charge in [0, 0.05) is 15.6 Å². The van der Waals surface area contributed by atoms with E-state index in [2.05, 4.69) is 59.0 Å². The van der Waals surface area contributed by atoms with Gasteiger partial charge >= 0.3 is 0 Å². The largest absolute Gasteiger partial charge is 0.0654 e. The minimum Gasteiger partial charge on any atom is -0.0654 e. The monoisotopic (exact) mass is 326 g/mol. The lowest BCUT2D eigenvalue weighted by atomic mass is 10.1. The second kappa shape index (κ2) is 7.92. The third-order valence-corrected chi connectivity index (χ3v) is 3.75. The first-order valence-electron chi connectivity index (χ1n) is 7.14. The Balaban J connectivity index is 1.98. The summed E-state index contributed by atoms with van der Waals surface area (Å²) in [4.78, 5) is 0. The van der Waals surface area contributed by atoms with Gasteiger partial charge in [-0.3, -0.25) is 0 Å². The molecule has 2 aromatic rings. The van der Waals surface area contributed by atoms with E-state index < -0.39 is 0 Å². The van der Waals surface area contributed by atoms with Crippen molar-refractivity contribution in [2.24, 2.45) is 0 Å². The van der Waals surface area contributed by atoms with Gasteiger partial charge in [-0.25, -0.2) is 0 Å². The average molecular weight is 327 g/mol. The average Bonchev–Trinajstić information content (AvgIpc) is 2.48. The summed E-state index contributed by atoms with van der Waals surface area (Å²) in [5, 5.41) is 0. The number of halogens is 1. The van der Waals surface area contributed by atoms with Crippen molar-refractivity contribution in [2.45, 2.75) is 32.6 Å². The molecule has 2 aromatic carbocycles. The molecular formula is C19H19Br. The van der Waals surface area contributed by atoms with Crippen molar-refractivity contribution < 1.29 is 0 Å². The van der Waals surface area contributed by atoms with Crippen LogP contribution in [0.15, 0.2) is 53.0 Å². The standard InChI is InChI=1S/C19H19Br/c1-2-3-4-5-16-6-8-17(9-7-16)10-11-18-12-14-19(20)15-13-18/h6-9,12-15H,2-5H2,1H3. The fraction of sp³-hybridized carbons (Fsp3) is 0.263. The Labute approximate surface area is 130 Å². The van der Waals surface area contributed by atoms with Crippen LogP contribution in [0.1, 0.15) is 42.9 Å². The SMILES string of the molecule is CCCCCc1ccc(C#Cc2ccc(Br)cc2)cc1. The van der Waals surface area contributed by atoms with Crippen LogP contribution in [0.5, 0.6) is 0 Å². The van der Waals surface area contributed by atoms with Crippen molar-refractivity contribution in [3.05, 3.63) is 69.7 Å². The molecule has 2 rings (SSSR count). The number of rotatable bonds is 4. The van der Waals surface area contributed by atoms with Gasteiger partial charge in [-0.1, -0.05) is 59.7 Å². The first kappa shape index (κ1) is 14.9. The van der Waals surface area contributed by atoms with E-state index in [1.807, 2.05) is 24.3 Å². The van der Waals surface area contributed by atoms with Crippen LogP contribution >= 0.6 is 15.9 Å². The van der Waals surface area contributed by atoms with Crippen molar-refractivity contribution in [3.8, 4) is 11.8 Å². The molecule has 0 fully saturated rings. The lowest BCUT2D eigenvalue weighted by Gasteiger charge is -2.00. The lowest BCUT2D eigenvalue weighted by Crippen LogP contribution is -1.85. The van der Waals surface area contributed by atoms with Crippen LogP contribution in [0.4, 0.5) is 0 Å². The highest BCUT2D eigenvalue weighted by Crippen LogP contribution is 2.11. The van der Waals surface area contributed by atoms with Crippen LogP contribution in [-0.4, -0.2) is 0 Å². The molecule has 0 saturated carbocycles. The summed E-state index contributed by atoms with van der Waals surface area (Å²) in [5.41, 5.74) is 3.53. The van der Waals surface area contributed by atoms with Gasteiger partial charge in [0.2, 0.25) is 0 Å². The number of unbranched alkanes of at least 4 members (excludes halogenated alkanes) is 2. The summed E-state index contributed by atoms with van der Waals surface area (Å²) in [6.07, 6.45) is 5.04. The lowest BCUT2D eigenvalue weighted by molar-refractivity contribution is 0.717. The predicted molar refractivity (Wildman–Crippen MR) is 89.8 cm³/mol. The molecule has 0 aliphatic rings. The van der Waals surface area contributed by atoms with E-state index in [9.17, 15) is 0 Å². The summed E-state index contributed by atoms with van der Waals surface area (Å²) in [5.74, 6) is 6.40. The highest BCUT2D eigenvalue weighted by molar-refractivity contribution is 9.10. The Bertz CT molecular complexity index is 582. The summed E-state index contributed by atoms with van der Waals surface area (Å²) in [6.45, 7) is 2.24. The van der Waals surface area contributed by atoms with Crippen LogP contribution in [-0.2, 0) is 6.42 Å². The molecule has 0 heterocycles. The van der Waals surface area contributed by atoms with Crippen molar-refractivity contribution in [1.82, 2.24) is 0 Å². The molecule has 0 atom stereocenters. The molecule has 20 heavy (non-hydrogen) atoms. The molecule has 102 valence electrons. The van der Waals surface area contributed by atoms with Crippen molar-refractivity contribution in [1.29, 1.82) is 0 Å². The fourth-order valence-electron chi connectivity index (χ4n) is 2.01. The zero-order valence-corrected chi connectivity index (χ0v) is 13.4. The predicted octanol–water partition coefficient (Wildman–Crippen LogP) is 5.58. The topological polar surface area (TPSA) is 0 Å². The second-order valence-electron chi connectivity index (χ2n) is 4.91. The number of aryl methyl sites for hydroxylation is 1. The van der Waals surface area contributed by atoms with E-state index in [0.717, 1.165) is 15.6 Å². The minimum absolute atomic E-state index is 1.04. The summed E-state index contributed by atoms with van der Waals surface area (Å²) >= 11 is 3.43. The molecule has 0 unspecified atom stereocenters. The number of benzene rings is 2. The molecule has 0 aliphatic carbocycles. The van der Waals surface area contributed by atoms with Crippen LogP contribution < -0.4 is 0 Å². The van der Waals surface area contributed by atoms with E-state index in [0.29, 0.717) is 0 Å². The molecule has 0 nitrogen and oxygen atoms in total. The molecule has 0 bridgehead atoms. The van der Waals surface area contributed by atoms with E-state index in [1.165, 1.54) is 31.2 Å². The van der Waals surface area contributed by atoms with E-state index in [4.69, 9.17) is 0 Å². The van der Waals surface area contributed by atoms with Crippen LogP contribution in [0.25, 0.3) is 0 Å². The van der Waals surface area contributed by atoms with Gasteiger partial charge in [0.05, 0.1) is 0 Å². The maximum Gasteiger partial charge on any atom is 0.0249 e. The van der Waals surface area contributed by atoms with Crippen LogP contribution in [0.3, 0.4) is 0 Å². The van der Waals surface area contributed by atoms with E-state index in [-0.39, 0.29) is 0 Å². The van der Waals surface area contributed by atoms with Gasteiger partial charge in [-0.2, -0.15) is 0 Å². The number of hydrogen-bond donors (Lipinski definition) is 0. The normalized spacial score (nSPS) is 9.90. The smallest absolute Gasteiger partial charge is 0.0249 e. The molecule has 0 amide bonds. The number of hydrogen-bond acceptors (Lipinski definition) is 0. The summed E-state index contributed by atoms with van der Waals surface area (Å²) in [6, 6.07) is 16.7. The molecular weight excluding hydrogens is 308 g/mol. The maximum absolute atomic E-state index is 3.43. The van der Waals surface area contributed by atoms with Crippen molar-refractivity contribution >= 4 is 15.9 Å². The Morgan fingerprint density at radius 3 is 1.90 bits per heavy atom. The molecule has 0 N–H and O–H groups in total. The van der Waals surface area contributed by atoms with Crippen LogP contribution in [0.2, 0.25) is 0 Å². The fourth-order valence-corrected chi connectivity index (χ4v) is 2.28. The molecule has 0 saturated heterocycles. The maximum atomic E-state index is 3.43. The Morgan fingerprint density at radius 1 is 0.800 bits per heavy atom. The Kier molecular flexibility index (Phi) is 5.89. The van der Waals surface area contributed by atoms with E-state index >= 15 is 0 Å². The van der Waals surface area contributed by atoms with Gasteiger partial charge < -0.3 is 0 Å². The zero-order valence-electron chi connectivity index (χ0n) is 11.8. The summed E-state index contributed by atoms with van der Waals surface area (Å²) < 4.78 is 1.08. The Morgan fingerprint density at radius 2 is 1.35 bits per heavy atom. The van der Waals surface area contributed by atoms with E-state index in [1.54, 1.807) is 0 Å². The van der Waals surface area contributed by atoms with Gasteiger partial charge in [-0.15, -0.1) is 0 Å². The molecule has 0 spiro atoms. The van der Waals surface area contributed by atoms with Gasteiger partial charge in [0.1, 0.15) is 0 Å². The molecule has 0 aliphatic heterocycles. The molecule has 1 heteroatoms. The molecule has 0 aromatic heterocycles. The summed E-state index contributed by atoms with van der Waals surface area (Å²) in [7, 11) is 0. The van der Waals surface area contributed by atoms with Crippen molar-refractivity contribution in [3.63, 3.8) is 0 Å². The third kappa shape index (κ3) is 4.87. The first-order valence-corrected chi connectivity index (χ1v) is 7.94. The molecule has 0 radical (unpaired) electrons. The van der Waals surface area contributed by atoms with Gasteiger partial charge in [-0.05, 0) is 54.8 Å².